The molecule has 0 spiro atoms. The third-order valence-electron chi connectivity index (χ3n) is 5.86. The predicted octanol–water partition coefficient (Wildman–Crippen LogP) is 4.59. The Labute approximate surface area is 176 Å². The van der Waals surface area contributed by atoms with Crippen molar-refractivity contribution in [2.75, 3.05) is 4.90 Å². The maximum Gasteiger partial charge on any atom is 0.271 e. The number of rotatable bonds is 4. The average molecular weight is 410 g/mol. The van der Waals surface area contributed by atoms with E-state index in [9.17, 15) is 14.0 Å². The van der Waals surface area contributed by atoms with Crippen LogP contribution < -0.4 is 15.0 Å². The lowest BCUT2D eigenvalue weighted by molar-refractivity contribution is -0.132. The molecule has 1 fully saturated rings. The highest BCUT2D eigenvalue weighted by molar-refractivity contribution is 6.04. The van der Waals surface area contributed by atoms with Gasteiger partial charge in [-0.05, 0) is 51.0 Å². The number of hydrogen-bond donors (Lipinski definition) is 1. The molecule has 2 amide bonds. The number of anilines is 1. The smallest absolute Gasteiger partial charge is 0.271 e. The SMILES string of the molecule is CC1(C)Oc2ccc(C(=O)NC3CCCCC3)cc2N(Cc2ccccc2F)C1=O. The van der Waals surface area contributed by atoms with E-state index in [2.05, 4.69) is 5.32 Å². The van der Waals surface area contributed by atoms with Crippen LogP contribution in [0.15, 0.2) is 42.5 Å². The molecule has 158 valence electrons. The zero-order valence-corrected chi connectivity index (χ0v) is 17.4. The van der Waals surface area contributed by atoms with Gasteiger partial charge in [0.1, 0.15) is 11.6 Å². The lowest BCUT2D eigenvalue weighted by Gasteiger charge is -2.39. The Morgan fingerprint density at radius 2 is 1.90 bits per heavy atom. The standard InChI is InChI=1S/C24H27FN2O3/c1-24(2)23(29)27(15-17-8-6-7-11-19(17)25)20-14-16(12-13-21(20)30-24)22(28)26-18-9-4-3-5-10-18/h6-8,11-14,18H,3-5,9-10,15H2,1-2H3,(H,26,28). The Hall–Kier alpha value is -2.89. The Morgan fingerprint density at radius 1 is 1.17 bits per heavy atom. The normalized spacial score (nSPS) is 18.5. The zero-order valence-electron chi connectivity index (χ0n) is 17.4. The van der Waals surface area contributed by atoms with Crippen molar-refractivity contribution in [2.24, 2.45) is 0 Å². The average Bonchev–Trinajstić information content (AvgIpc) is 2.73. The molecule has 4 rings (SSSR count). The van der Waals surface area contributed by atoms with Crippen LogP contribution in [-0.2, 0) is 11.3 Å². The number of fused-ring (bicyclic) bond motifs is 1. The fourth-order valence-electron chi connectivity index (χ4n) is 4.18. The first-order valence-corrected chi connectivity index (χ1v) is 10.5. The molecule has 6 heteroatoms. The van der Waals surface area contributed by atoms with Crippen LogP contribution in [0.3, 0.4) is 0 Å². The summed E-state index contributed by atoms with van der Waals surface area (Å²) in [4.78, 5) is 27.4. The molecule has 1 N–H and O–H groups in total. The number of benzene rings is 2. The minimum atomic E-state index is -1.08. The molecule has 0 atom stereocenters. The largest absolute Gasteiger partial charge is 0.476 e. The summed E-state index contributed by atoms with van der Waals surface area (Å²) >= 11 is 0. The lowest BCUT2D eigenvalue weighted by Crippen LogP contribution is -2.52. The van der Waals surface area contributed by atoms with Gasteiger partial charge in [0.15, 0.2) is 5.60 Å². The summed E-state index contributed by atoms with van der Waals surface area (Å²) in [5.74, 6) is -0.302. The summed E-state index contributed by atoms with van der Waals surface area (Å²) in [5, 5.41) is 3.10. The van der Waals surface area contributed by atoms with E-state index in [0.717, 1.165) is 25.7 Å². The van der Waals surface area contributed by atoms with Gasteiger partial charge in [-0.15, -0.1) is 0 Å². The number of carbonyl (C=O) groups excluding carboxylic acids is 2. The van der Waals surface area contributed by atoms with Crippen molar-refractivity contribution in [1.82, 2.24) is 5.32 Å². The molecule has 0 unspecified atom stereocenters. The van der Waals surface area contributed by atoms with Crippen LogP contribution in [0.5, 0.6) is 5.75 Å². The number of ether oxygens (including phenoxy) is 1. The van der Waals surface area contributed by atoms with Crippen molar-refractivity contribution < 1.29 is 18.7 Å². The summed E-state index contributed by atoms with van der Waals surface area (Å²) in [6.45, 7) is 3.45. The summed E-state index contributed by atoms with van der Waals surface area (Å²) in [7, 11) is 0. The Balaban J connectivity index is 1.65. The van der Waals surface area contributed by atoms with Gasteiger partial charge < -0.3 is 15.0 Å². The van der Waals surface area contributed by atoms with Crippen molar-refractivity contribution in [3.63, 3.8) is 0 Å². The summed E-state index contributed by atoms with van der Waals surface area (Å²) in [5.41, 5.74) is 0.281. The Kier molecular flexibility index (Phi) is 5.50. The molecule has 30 heavy (non-hydrogen) atoms. The van der Waals surface area contributed by atoms with Gasteiger partial charge in [0.25, 0.3) is 11.8 Å². The lowest BCUT2D eigenvalue weighted by atomic mass is 9.95. The Morgan fingerprint density at radius 3 is 2.63 bits per heavy atom. The molecule has 5 nitrogen and oxygen atoms in total. The summed E-state index contributed by atoms with van der Waals surface area (Å²) in [6, 6.07) is 11.7. The van der Waals surface area contributed by atoms with Crippen LogP contribution in [0, 0.1) is 5.82 Å². The predicted molar refractivity (Wildman–Crippen MR) is 113 cm³/mol. The second kappa shape index (κ2) is 8.09. The van der Waals surface area contributed by atoms with Crippen LogP contribution >= 0.6 is 0 Å². The van der Waals surface area contributed by atoms with Crippen molar-refractivity contribution in [3.05, 3.63) is 59.4 Å². The van der Waals surface area contributed by atoms with Gasteiger partial charge in [0.2, 0.25) is 0 Å². The van der Waals surface area contributed by atoms with E-state index in [1.54, 1.807) is 50.2 Å². The highest BCUT2D eigenvalue weighted by Crippen LogP contribution is 2.39. The first-order valence-electron chi connectivity index (χ1n) is 10.5. The monoisotopic (exact) mass is 410 g/mol. The van der Waals surface area contributed by atoms with Gasteiger partial charge >= 0.3 is 0 Å². The molecule has 0 saturated heterocycles. The van der Waals surface area contributed by atoms with E-state index in [0.29, 0.717) is 22.6 Å². The molecule has 1 saturated carbocycles. The second-order valence-corrected chi connectivity index (χ2v) is 8.59. The van der Waals surface area contributed by atoms with E-state index >= 15 is 0 Å². The van der Waals surface area contributed by atoms with Crippen LogP contribution in [-0.4, -0.2) is 23.5 Å². The highest BCUT2D eigenvalue weighted by Gasteiger charge is 2.41. The minimum absolute atomic E-state index is 0.0684. The van der Waals surface area contributed by atoms with E-state index in [4.69, 9.17) is 4.74 Å². The molecule has 1 heterocycles. The van der Waals surface area contributed by atoms with E-state index in [1.807, 2.05) is 0 Å². The molecule has 2 aromatic carbocycles. The number of nitrogens with one attached hydrogen (secondary N) is 1. The van der Waals surface area contributed by atoms with Gasteiger partial charge in [0, 0.05) is 17.2 Å². The van der Waals surface area contributed by atoms with Crippen molar-refractivity contribution >= 4 is 17.5 Å². The number of halogens is 1. The van der Waals surface area contributed by atoms with Crippen molar-refractivity contribution in [3.8, 4) is 5.75 Å². The molecule has 2 aliphatic rings. The maximum atomic E-state index is 14.3. The van der Waals surface area contributed by atoms with Crippen LogP contribution in [0.25, 0.3) is 0 Å². The number of hydrogen-bond acceptors (Lipinski definition) is 3. The van der Waals surface area contributed by atoms with E-state index in [1.165, 1.54) is 17.4 Å². The number of nitrogens with zero attached hydrogens (tertiary/aromatic N) is 1. The number of amides is 2. The van der Waals surface area contributed by atoms with Crippen LogP contribution in [0.4, 0.5) is 10.1 Å². The summed E-state index contributed by atoms with van der Waals surface area (Å²) < 4.78 is 20.2. The second-order valence-electron chi connectivity index (χ2n) is 8.59. The fourth-order valence-corrected chi connectivity index (χ4v) is 4.18. The first kappa shape index (κ1) is 20.4. The molecule has 1 aliphatic heterocycles. The molecule has 0 aromatic heterocycles. The van der Waals surface area contributed by atoms with Crippen molar-refractivity contribution in [1.29, 1.82) is 0 Å². The molecule has 0 radical (unpaired) electrons. The molecule has 2 aromatic rings. The minimum Gasteiger partial charge on any atom is -0.476 e. The van der Waals surface area contributed by atoms with Gasteiger partial charge in [-0.3, -0.25) is 9.59 Å². The summed E-state index contributed by atoms with van der Waals surface area (Å²) in [6.07, 6.45) is 5.45. The molecular weight excluding hydrogens is 383 g/mol. The first-order chi connectivity index (χ1) is 14.3. The van der Waals surface area contributed by atoms with Crippen LogP contribution in [0.1, 0.15) is 61.9 Å². The van der Waals surface area contributed by atoms with Gasteiger partial charge in [-0.1, -0.05) is 37.5 Å². The van der Waals surface area contributed by atoms with Crippen molar-refractivity contribution in [2.45, 2.75) is 64.1 Å². The third-order valence-corrected chi connectivity index (χ3v) is 5.86. The van der Waals surface area contributed by atoms with Crippen LogP contribution in [0.2, 0.25) is 0 Å². The molecular formula is C24H27FN2O3. The zero-order chi connectivity index (χ0) is 21.3. The number of carbonyl (C=O) groups is 2. The van der Waals surface area contributed by atoms with E-state index in [-0.39, 0.29) is 30.2 Å². The third kappa shape index (κ3) is 4.04. The van der Waals surface area contributed by atoms with Gasteiger partial charge in [-0.2, -0.15) is 0 Å². The van der Waals surface area contributed by atoms with Gasteiger partial charge in [-0.25, -0.2) is 4.39 Å². The van der Waals surface area contributed by atoms with Gasteiger partial charge in [0.05, 0.1) is 12.2 Å². The maximum absolute atomic E-state index is 14.3. The Bertz CT molecular complexity index is 967. The fraction of sp³-hybridized carbons (Fsp3) is 0.417. The van der Waals surface area contributed by atoms with E-state index < -0.39 is 5.60 Å². The quantitative estimate of drug-likeness (QED) is 0.802. The molecule has 0 bridgehead atoms. The topological polar surface area (TPSA) is 58.6 Å². The molecule has 1 aliphatic carbocycles. The highest BCUT2D eigenvalue weighted by atomic mass is 19.1.